The fraction of sp³-hybridized carbons (Fsp3) is 0.391. The molecule has 158 valence electrons. The molecule has 2 aromatic rings. The molecule has 1 aliphatic heterocycles. The van der Waals surface area contributed by atoms with E-state index in [1.54, 1.807) is 23.0 Å². The zero-order chi connectivity index (χ0) is 21.5. The number of carbonyl (C=O) groups is 3. The minimum Gasteiger partial charge on any atom is -0.338 e. The summed E-state index contributed by atoms with van der Waals surface area (Å²) in [5, 5.41) is 0. The van der Waals surface area contributed by atoms with Gasteiger partial charge in [-0.1, -0.05) is 49.7 Å². The number of nitrogens with zero attached hydrogens (tertiary/aromatic N) is 4. The largest absolute Gasteiger partial charge is 0.338 e. The second-order valence-corrected chi connectivity index (χ2v) is 7.47. The van der Waals surface area contributed by atoms with E-state index in [1.165, 1.54) is 4.90 Å². The predicted molar refractivity (Wildman–Crippen MR) is 113 cm³/mol. The van der Waals surface area contributed by atoms with Crippen molar-refractivity contribution in [3.8, 4) is 0 Å². The minimum atomic E-state index is -0.843. The Morgan fingerprint density at radius 1 is 1.07 bits per heavy atom. The van der Waals surface area contributed by atoms with Gasteiger partial charge in [0.1, 0.15) is 6.04 Å². The summed E-state index contributed by atoms with van der Waals surface area (Å²) in [4.78, 5) is 47.9. The van der Waals surface area contributed by atoms with Crippen LogP contribution in [0.25, 0.3) is 0 Å². The SMILES string of the molecule is CCCCN1CCN([C@@H](C(=O)N(C)Cc2ccccn2)c2ccccc2)C(=O)C1=O. The van der Waals surface area contributed by atoms with Crippen LogP contribution in [-0.4, -0.2) is 64.1 Å². The molecule has 0 bridgehead atoms. The Hall–Kier alpha value is -3.22. The number of piperazine rings is 1. The quantitative estimate of drug-likeness (QED) is 0.628. The highest BCUT2D eigenvalue weighted by Crippen LogP contribution is 2.26. The first kappa shape index (κ1) is 21.5. The molecule has 0 saturated carbocycles. The number of rotatable bonds is 8. The van der Waals surface area contributed by atoms with Crippen LogP contribution in [0.15, 0.2) is 54.7 Å². The van der Waals surface area contributed by atoms with Crippen LogP contribution in [0, 0.1) is 0 Å². The first-order valence-electron chi connectivity index (χ1n) is 10.3. The van der Waals surface area contributed by atoms with E-state index in [4.69, 9.17) is 0 Å². The molecule has 1 aliphatic rings. The van der Waals surface area contributed by atoms with Gasteiger partial charge >= 0.3 is 11.8 Å². The number of likely N-dealkylation sites (N-methyl/N-ethyl adjacent to an activating group) is 1. The lowest BCUT2D eigenvalue weighted by Gasteiger charge is -2.39. The van der Waals surface area contributed by atoms with Crippen LogP contribution in [0.4, 0.5) is 0 Å². The molecule has 1 atom stereocenters. The van der Waals surface area contributed by atoms with E-state index in [2.05, 4.69) is 4.98 Å². The number of amides is 3. The summed E-state index contributed by atoms with van der Waals surface area (Å²) in [6.07, 6.45) is 3.48. The maximum atomic E-state index is 13.4. The lowest BCUT2D eigenvalue weighted by atomic mass is 10.0. The lowest BCUT2D eigenvalue weighted by molar-refractivity contribution is -0.161. The molecule has 0 radical (unpaired) electrons. The van der Waals surface area contributed by atoms with Crippen molar-refractivity contribution in [2.45, 2.75) is 32.4 Å². The van der Waals surface area contributed by atoms with Crippen LogP contribution in [-0.2, 0) is 20.9 Å². The number of benzene rings is 1. The Morgan fingerprint density at radius 3 is 2.47 bits per heavy atom. The van der Waals surface area contributed by atoms with Gasteiger partial charge in [0.15, 0.2) is 0 Å². The highest BCUT2D eigenvalue weighted by Gasteiger charge is 2.40. The highest BCUT2D eigenvalue weighted by atomic mass is 16.2. The molecule has 3 amide bonds. The first-order chi connectivity index (χ1) is 14.5. The minimum absolute atomic E-state index is 0.241. The summed E-state index contributed by atoms with van der Waals surface area (Å²) in [5.74, 6) is -1.39. The average Bonchev–Trinajstić information content (AvgIpc) is 2.77. The maximum Gasteiger partial charge on any atom is 0.313 e. The van der Waals surface area contributed by atoms with E-state index < -0.39 is 17.9 Å². The van der Waals surface area contributed by atoms with Gasteiger partial charge in [0.2, 0.25) is 5.91 Å². The Morgan fingerprint density at radius 2 is 1.80 bits per heavy atom. The van der Waals surface area contributed by atoms with Crippen molar-refractivity contribution in [1.29, 1.82) is 0 Å². The third-order valence-electron chi connectivity index (χ3n) is 5.29. The van der Waals surface area contributed by atoms with Crippen molar-refractivity contribution in [2.75, 3.05) is 26.7 Å². The van der Waals surface area contributed by atoms with Crippen LogP contribution in [0.1, 0.15) is 37.1 Å². The summed E-state index contributed by atoms with van der Waals surface area (Å²) in [5.41, 5.74) is 1.45. The predicted octanol–water partition coefficient (Wildman–Crippen LogP) is 2.25. The normalized spacial score (nSPS) is 15.3. The standard InChI is InChI=1S/C23H28N4O3/c1-3-4-14-26-15-16-27(23(30)22(26)29)20(18-10-6-5-7-11-18)21(28)25(2)17-19-12-8-9-13-24-19/h5-13,20H,3-4,14-17H2,1-2H3/t20-/m1/s1. The van der Waals surface area contributed by atoms with Crippen molar-refractivity contribution >= 4 is 17.7 Å². The van der Waals surface area contributed by atoms with E-state index in [0.29, 0.717) is 31.7 Å². The monoisotopic (exact) mass is 408 g/mol. The number of hydrogen-bond acceptors (Lipinski definition) is 4. The van der Waals surface area contributed by atoms with Crippen molar-refractivity contribution in [1.82, 2.24) is 19.7 Å². The number of pyridine rings is 1. The average molecular weight is 409 g/mol. The summed E-state index contributed by atoms with van der Waals surface area (Å²) in [6, 6.07) is 13.9. The molecule has 0 aliphatic carbocycles. The van der Waals surface area contributed by atoms with Crippen molar-refractivity contribution in [3.05, 3.63) is 66.0 Å². The van der Waals surface area contributed by atoms with Gasteiger partial charge in [0, 0.05) is 32.9 Å². The van der Waals surface area contributed by atoms with Gasteiger partial charge in [-0.25, -0.2) is 0 Å². The zero-order valence-corrected chi connectivity index (χ0v) is 17.5. The Balaban J connectivity index is 1.84. The van der Waals surface area contributed by atoms with E-state index >= 15 is 0 Å². The van der Waals surface area contributed by atoms with E-state index in [9.17, 15) is 14.4 Å². The van der Waals surface area contributed by atoms with Crippen LogP contribution in [0.2, 0.25) is 0 Å². The van der Waals surface area contributed by atoms with Crippen LogP contribution in [0.3, 0.4) is 0 Å². The van der Waals surface area contributed by atoms with Crippen molar-refractivity contribution in [3.63, 3.8) is 0 Å². The third kappa shape index (κ3) is 4.84. The number of carbonyl (C=O) groups excluding carboxylic acids is 3. The summed E-state index contributed by atoms with van der Waals surface area (Å²) < 4.78 is 0. The third-order valence-corrected chi connectivity index (χ3v) is 5.29. The first-order valence-corrected chi connectivity index (χ1v) is 10.3. The van der Waals surface area contributed by atoms with Gasteiger partial charge in [0.05, 0.1) is 12.2 Å². The highest BCUT2D eigenvalue weighted by molar-refractivity contribution is 6.35. The molecular formula is C23H28N4O3. The zero-order valence-electron chi connectivity index (χ0n) is 17.5. The van der Waals surface area contributed by atoms with E-state index in [-0.39, 0.29) is 5.91 Å². The topological polar surface area (TPSA) is 73.8 Å². The summed E-state index contributed by atoms with van der Waals surface area (Å²) in [6.45, 7) is 3.70. The summed E-state index contributed by atoms with van der Waals surface area (Å²) in [7, 11) is 1.69. The maximum absolute atomic E-state index is 13.4. The van der Waals surface area contributed by atoms with Gasteiger partial charge < -0.3 is 14.7 Å². The molecule has 0 spiro atoms. The molecule has 0 N–H and O–H groups in total. The molecule has 2 heterocycles. The molecule has 1 aromatic carbocycles. The number of unbranched alkanes of at least 4 members (excludes halogenated alkanes) is 1. The molecule has 1 saturated heterocycles. The molecule has 1 aromatic heterocycles. The fourth-order valence-electron chi connectivity index (χ4n) is 3.61. The lowest BCUT2D eigenvalue weighted by Crippen LogP contribution is -2.57. The molecule has 1 fully saturated rings. The second kappa shape index (κ2) is 10.0. The number of aromatic nitrogens is 1. The Bertz CT molecular complexity index is 873. The second-order valence-electron chi connectivity index (χ2n) is 7.47. The molecule has 3 rings (SSSR count). The molecular weight excluding hydrogens is 380 g/mol. The summed E-state index contributed by atoms with van der Waals surface area (Å²) >= 11 is 0. The van der Waals surface area contributed by atoms with Gasteiger partial charge in [-0.05, 0) is 24.1 Å². The smallest absolute Gasteiger partial charge is 0.313 e. The number of hydrogen-bond donors (Lipinski definition) is 0. The van der Waals surface area contributed by atoms with Crippen molar-refractivity contribution in [2.24, 2.45) is 0 Å². The molecule has 7 nitrogen and oxygen atoms in total. The van der Waals surface area contributed by atoms with E-state index in [1.807, 2.05) is 55.5 Å². The fourth-order valence-corrected chi connectivity index (χ4v) is 3.61. The molecule has 0 unspecified atom stereocenters. The molecule has 7 heteroatoms. The van der Waals surface area contributed by atoms with Gasteiger partial charge in [-0.3, -0.25) is 19.4 Å². The Labute approximate surface area is 177 Å². The molecule has 30 heavy (non-hydrogen) atoms. The Kier molecular flexibility index (Phi) is 7.17. The van der Waals surface area contributed by atoms with Crippen LogP contribution < -0.4 is 0 Å². The van der Waals surface area contributed by atoms with Gasteiger partial charge in [0.25, 0.3) is 0 Å². The van der Waals surface area contributed by atoms with Crippen molar-refractivity contribution < 1.29 is 14.4 Å². The van der Waals surface area contributed by atoms with Crippen LogP contribution in [0.5, 0.6) is 0 Å². The van der Waals surface area contributed by atoms with Gasteiger partial charge in [-0.15, -0.1) is 0 Å². The van der Waals surface area contributed by atoms with E-state index in [0.717, 1.165) is 18.5 Å². The van der Waals surface area contributed by atoms with Gasteiger partial charge in [-0.2, -0.15) is 0 Å². The van der Waals surface area contributed by atoms with Crippen LogP contribution >= 0.6 is 0 Å².